The maximum atomic E-state index is 4.19. The lowest BCUT2D eigenvalue weighted by Gasteiger charge is -2.06. The number of pyridine rings is 1. The van der Waals surface area contributed by atoms with E-state index in [2.05, 4.69) is 29.5 Å². The molecule has 1 rings (SSSR count). The molecule has 0 spiro atoms. The van der Waals surface area contributed by atoms with Crippen LogP contribution >= 0.6 is 0 Å². The summed E-state index contributed by atoms with van der Waals surface area (Å²) in [5.41, 5.74) is 1.13. The lowest BCUT2D eigenvalue weighted by atomic mass is 10.3. The first-order chi connectivity index (χ1) is 6.36. The zero-order valence-corrected chi connectivity index (χ0v) is 8.30. The normalized spacial score (nSPS) is 9.69. The van der Waals surface area contributed by atoms with Crippen molar-refractivity contribution in [3.05, 3.63) is 18.3 Å². The number of hydrogen-bond donors (Lipinski definition) is 2. The minimum Gasteiger partial charge on any atom is -0.385 e. The van der Waals surface area contributed by atoms with Crippen LogP contribution in [0.2, 0.25) is 0 Å². The summed E-state index contributed by atoms with van der Waals surface area (Å²) >= 11 is 0. The summed E-state index contributed by atoms with van der Waals surface area (Å²) in [7, 11) is 0. The summed E-state index contributed by atoms with van der Waals surface area (Å²) in [5, 5.41) is 6.49. The van der Waals surface area contributed by atoms with Gasteiger partial charge in [-0.25, -0.2) is 4.98 Å². The first-order valence-corrected chi connectivity index (χ1v) is 4.80. The zero-order chi connectivity index (χ0) is 9.52. The van der Waals surface area contributed by atoms with Gasteiger partial charge in [0.25, 0.3) is 0 Å². The van der Waals surface area contributed by atoms with Crippen LogP contribution in [0.4, 0.5) is 11.5 Å². The highest BCUT2D eigenvalue weighted by atomic mass is 15.0. The fourth-order valence-electron chi connectivity index (χ4n) is 1.09. The van der Waals surface area contributed by atoms with Gasteiger partial charge in [0.05, 0.1) is 0 Å². The third kappa shape index (κ3) is 3.32. The van der Waals surface area contributed by atoms with Crippen molar-refractivity contribution >= 4 is 11.5 Å². The van der Waals surface area contributed by atoms with Crippen LogP contribution in [0.25, 0.3) is 0 Å². The maximum Gasteiger partial charge on any atom is 0.127 e. The largest absolute Gasteiger partial charge is 0.385 e. The van der Waals surface area contributed by atoms with Crippen LogP contribution in [-0.4, -0.2) is 18.1 Å². The van der Waals surface area contributed by atoms with Crippen LogP contribution in [-0.2, 0) is 0 Å². The molecule has 0 amide bonds. The summed E-state index contributed by atoms with van der Waals surface area (Å²) in [4.78, 5) is 4.19. The van der Waals surface area contributed by atoms with E-state index in [1.165, 1.54) is 0 Å². The molecule has 0 aromatic carbocycles. The Bertz CT molecular complexity index is 248. The molecule has 1 heterocycles. The van der Waals surface area contributed by atoms with Gasteiger partial charge >= 0.3 is 0 Å². The molecule has 0 bridgehead atoms. The van der Waals surface area contributed by atoms with E-state index in [9.17, 15) is 0 Å². The van der Waals surface area contributed by atoms with Crippen molar-refractivity contribution in [1.29, 1.82) is 0 Å². The monoisotopic (exact) mass is 179 g/mol. The van der Waals surface area contributed by atoms with E-state index in [1.54, 1.807) is 0 Å². The fourth-order valence-corrected chi connectivity index (χ4v) is 1.09. The number of nitrogens with zero attached hydrogens (tertiary/aromatic N) is 1. The quantitative estimate of drug-likeness (QED) is 0.728. The first-order valence-electron chi connectivity index (χ1n) is 4.80. The number of rotatable bonds is 5. The van der Waals surface area contributed by atoms with Crippen molar-refractivity contribution in [2.24, 2.45) is 0 Å². The number of anilines is 2. The third-order valence-corrected chi connectivity index (χ3v) is 1.70. The van der Waals surface area contributed by atoms with Gasteiger partial charge in [-0.2, -0.15) is 0 Å². The number of hydrogen-bond acceptors (Lipinski definition) is 3. The molecule has 0 unspecified atom stereocenters. The Morgan fingerprint density at radius 3 is 2.85 bits per heavy atom. The van der Waals surface area contributed by atoms with Crippen molar-refractivity contribution in [3.8, 4) is 0 Å². The zero-order valence-electron chi connectivity index (χ0n) is 8.30. The van der Waals surface area contributed by atoms with Crippen LogP contribution in [0.15, 0.2) is 18.3 Å². The molecule has 0 atom stereocenters. The highest BCUT2D eigenvalue weighted by molar-refractivity contribution is 5.51. The van der Waals surface area contributed by atoms with E-state index >= 15 is 0 Å². The summed E-state index contributed by atoms with van der Waals surface area (Å²) in [6, 6.07) is 4.01. The maximum absolute atomic E-state index is 4.19. The Morgan fingerprint density at radius 2 is 2.15 bits per heavy atom. The van der Waals surface area contributed by atoms with Gasteiger partial charge in [0.1, 0.15) is 5.82 Å². The van der Waals surface area contributed by atoms with Gasteiger partial charge in [-0.1, -0.05) is 6.92 Å². The van der Waals surface area contributed by atoms with Gasteiger partial charge < -0.3 is 10.6 Å². The Labute approximate surface area is 79.6 Å². The molecule has 0 saturated heterocycles. The standard InChI is InChI=1S/C10H17N3/c1-3-6-12-9-5-7-13-10(8-9)11-4-2/h5,7-8H,3-4,6H2,1-2H3,(H2,11,12,13). The van der Waals surface area contributed by atoms with Crippen LogP contribution in [0.5, 0.6) is 0 Å². The molecule has 0 fully saturated rings. The number of aromatic nitrogens is 1. The van der Waals surface area contributed by atoms with Gasteiger partial charge in [0.15, 0.2) is 0 Å². The third-order valence-electron chi connectivity index (χ3n) is 1.70. The van der Waals surface area contributed by atoms with E-state index in [0.717, 1.165) is 31.0 Å². The summed E-state index contributed by atoms with van der Waals surface area (Å²) in [5.74, 6) is 0.934. The van der Waals surface area contributed by atoms with E-state index in [0.29, 0.717) is 0 Å². The highest BCUT2D eigenvalue weighted by Crippen LogP contribution is 2.11. The second-order valence-electron chi connectivity index (χ2n) is 2.89. The predicted octanol–water partition coefficient (Wildman–Crippen LogP) is 2.34. The smallest absolute Gasteiger partial charge is 0.127 e. The molecule has 1 aromatic heterocycles. The molecule has 0 aliphatic carbocycles. The molecule has 72 valence electrons. The average molecular weight is 179 g/mol. The fraction of sp³-hybridized carbons (Fsp3) is 0.500. The van der Waals surface area contributed by atoms with Crippen LogP contribution in [0.3, 0.4) is 0 Å². The van der Waals surface area contributed by atoms with Gasteiger partial charge in [-0.3, -0.25) is 0 Å². The summed E-state index contributed by atoms with van der Waals surface area (Å²) in [6.07, 6.45) is 2.95. The first kappa shape index (κ1) is 9.84. The second-order valence-corrected chi connectivity index (χ2v) is 2.89. The van der Waals surface area contributed by atoms with Crippen LogP contribution in [0.1, 0.15) is 20.3 Å². The molecule has 1 aromatic rings. The minimum atomic E-state index is 0.907. The molecule has 13 heavy (non-hydrogen) atoms. The lowest BCUT2D eigenvalue weighted by Crippen LogP contribution is -2.02. The van der Waals surface area contributed by atoms with Gasteiger partial charge in [0.2, 0.25) is 0 Å². The molecule has 3 nitrogen and oxygen atoms in total. The van der Waals surface area contributed by atoms with E-state index in [4.69, 9.17) is 0 Å². The molecule has 0 saturated carbocycles. The van der Waals surface area contributed by atoms with Gasteiger partial charge in [-0.15, -0.1) is 0 Å². The molecule has 0 aliphatic rings. The second kappa shape index (κ2) is 5.41. The average Bonchev–Trinajstić information content (AvgIpc) is 2.16. The van der Waals surface area contributed by atoms with E-state index < -0.39 is 0 Å². The SMILES string of the molecule is CCCNc1ccnc(NCC)c1. The Balaban J connectivity index is 2.56. The van der Waals surface area contributed by atoms with E-state index in [-0.39, 0.29) is 0 Å². The number of nitrogens with one attached hydrogen (secondary N) is 2. The summed E-state index contributed by atoms with van der Waals surface area (Å²) < 4.78 is 0. The van der Waals surface area contributed by atoms with Crippen molar-refractivity contribution in [3.63, 3.8) is 0 Å². The molecule has 0 radical (unpaired) electrons. The highest BCUT2D eigenvalue weighted by Gasteiger charge is 1.93. The van der Waals surface area contributed by atoms with Crippen LogP contribution in [0, 0.1) is 0 Å². The molecular formula is C10H17N3. The van der Waals surface area contributed by atoms with Gasteiger partial charge in [-0.05, 0) is 19.4 Å². The van der Waals surface area contributed by atoms with Crippen LogP contribution < -0.4 is 10.6 Å². The molecule has 3 heteroatoms. The summed E-state index contributed by atoms with van der Waals surface area (Å²) in [6.45, 7) is 6.13. The Hall–Kier alpha value is -1.25. The van der Waals surface area contributed by atoms with Crippen molar-refractivity contribution < 1.29 is 0 Å². The minimum absolute atomic E-state index is 0.907. The van der Waals surface area contributed by atoms with Crippen molar-refractivity contribution in [1.82, 2.24) is 4.98 Å². The topological polar surface area (TPSA) is 37.0 Å². The Kier molecular flexibility index (Phi) is 4.09. The lowest BCUT2D eigenvalue weighted by molar-refractivity contribution is 0.978. The molecule has 2 N–H and O–H groups in total. The predicted molar refractivity (Wildman–Crippen MR) is 57.2 cm³/mol. The molecular weight excluding hydrogens is 162 g/mol. The molecule has 0 aliphatic heterocycles. The van der Waals surface area contributed by atoms with E-state index in [1.807, 2.05) is 18.3 Å². The van der Waals surface area contributed by atoms with Gasteiger partial charge in [0, 0.05) is 31.0 Å². The Morgan fingerprint density at radius 1 is 1.31 bits per heavy atom. The van der Waals surface area contributed by atoms with Crippen molar-refractivity contribution in [2.75, 3.05) is 23.7 Å². The van der Waals surface area contributed by atoms with Crippen molar-refractivity contribution in [2.45, 2.75) is 20.3 Å².